The fraction of sp³-hybridized carbons (Fsp3) is 0.105. The molecule has 0 radical (unpaired) electrons. The van der Waals surface area contributed by atoms with Gasteiger partial charge in [-0.2, -0.15) is 4.98 Å². The summed E-state index contributed by atoms with van der Waals surface area (Å²) in [5, 5.41) is 10.8. The summed E-state index contributed by atoms with van der Waals surface area (Å²) >= 11 is 13.3. The van der Waals surface area contributed by atoms with E-state index in [0.717, 1.165) is 16.2 Å². The predicted molar refractivity (Wildman–Crippen MR) is 109 cm³/mol. The van der Waals surface area contributed by atoms with Crippen LogP contribution in [0.5, 0.6) is 0 Å². The molecule has 2 heterocycles. The molecule has 8 heteroatoms. The Kier molecular flexibility index (Phi) is 5.11. The number of hydrogen-bond acceptors (Lipinski definition) is 4. The van der Waals surface area contributed by atoms with E-state index in [4.69, 9.17) is 23.2 Å². The second-order valence-electron chi connectivity index (χ2n) is 5.88. The third kappa shape index (κ3) is 3.98. The maximum absolute atomic E-state index is 12.2. The molecule has 0 spiro atoms. The van der Waals surface area contributed by atoms with Crippen LogP contribution in [0.1, 0.15) is 16.1 Å². The summed E-state index contributed by atoms with van der Waals surface area (Å²) in [4.78, 5) is 17.5. The molecule has 4 rings (SSSR count). The van der Waals surface area contributed by atoms with Crippen molar-refractivity contribution in [3.05, 3.63) is 75.2 Å². The average molecular weight is 417 g/mol. The van der Waals surface area contributed by atoms with Crippen LogP contribution in [0.4, 0.5) is 0 Å². The quantitative estimate of drug-likeness (QED) is 0.511. The van der Waals surface area contributed by atoms with Crippen LogP contribution in [-0.4, -0.2) is 27.0 Å². The van der Waals surface area contributed by atoms with Gasteiger partial charge in [0.05, 0.1) is 5.69 Å². The van der Waals surface area contributed by atoms with Crippen LogP contribution in [0.3, 0.4) is 0 Å². The largest absolute Gasteiger partial charge is 0.352 e. The second kappa shape index (κ2) is 7.68. The molecule has 0 fully saturated rings. The molecule has 1 amide bonds. The Labute approximate surface area is 169 Å². The first-order valence-corrected chi connectivity index (χ1v) is 9.86. The van der Waals surface area contributed by atoms with E-state index in [-0.39, 0.29) is 5.91 Å². The zero-order valence-corrected chi connectivity index (χ0v) is 16.4. The Morgan fingerprint density at radius 1 is 1.04 bits per heavy atom. The molecule has 0 unspecified atom stereocenters. The molecule has 0 saturated heterocycles. The van der Waals surface area contributed by atoms with Gasteiger partial charge in [0.1, 0.15) is 0 Å². The van der Waals surface area contributed by atoms with Gasteiger partial charge >= 0.3 is 0 Å². The Bertz CT molecular complexity index is 1090. The normalized spacial score (nSPS) is 11.0. The molecule has 27 heavy (non-hydrogen) atoms. The molecule has 0 aliphatic heterocycles. The molecule has 2 aromatic carbocycles. The summed E-state index contributed by atoms with van der Waals surface area (Å²) < 4.78 is 1.82. The van der Waals surface area contributed by atoms with Crippen molar-refractivity contribution >= 4 is 45.4 Å². The summed E-state index contributed by atoms with van der Waals surface area (Å²) in [6.45, 7) is 0.503. The van der Waals surface area contributed by atoms with E-state index in [2.05, 4.69) is 15.4 Å². The molecule has 0 aliphatic carbocycles. The molecule has 1 N–H and O–H groups in total. The lowest BCUT2D eigenvalue weighted by atomic mass is 10.2. The van der Waals surface area contributed by atoms with Crippen molar-refractivity contribution in [2.24, 2.45) is 0 Å². The third-order valence-corrected chi connectivity index (χ3v) is 5.39. The number of amides is 1. The van der Waals surface area contributed by atoms with Crippen molar-refractivity contribution in [3.8, 4) is 11.4 Å². The fourth-order valence-corrected chi connectivity index (χ4v) is 3.73. The number of carbonyl (C=O) groups excluding carboxylic acids is 1. The van der Waals surface area contributed by atoms with Crippen molar-refractivity contribution in [2.75, 3.05) is 6.54 Å². The zero-order chi connectivity index (χ0) is 18.8. The number of nitrogens with zero attached hydrogens (tertiary/aromatic N) is 3. The van der Waals surface area contributed by atoms with Crippen molar-refractivity contribution in [2.45, 2.75) is 6.42 Å². The first-order valence-electron chi connectivity index (χ1n) is 8.23. The van der Waals surface area contributed by atoms with E-state index in [9.17, 15) is 4.79 Å². The highest BCUT2D eigenvalue weighted by Gasteiger charge is 2.12. The van der Waals surface area contributed by atoms with Gasteiger partial charge in [-0.25, -0.2) is 4.52 Å². The molecular weight excluding hydrogens is 403 g/mol. The molecule has 4 aromatic rings. The molecule has 0 atom stereocenters. The van der Waals surface area contributed by atoms with E-state index in [0.29, 0.717) is 34.4 Å². The maximum Gasteiger partial charge on any atom is 0.251 e. The first-order chi connectivity index (χ1) is 13.1. The van der Waals surface area contributed by atoms with Gasteiger partial charge in [0, 0.05) is 39.5 Å². The number of nitrogens with one attached hydrogen (secondary N) is 1. The van der Waals surface area contributed by atoms with Gasteiger partial charge < -0.3 is 5.32 Å². The number of carbonyl (C=O) groups is 1. The van der Waals surface area contributed by atoms with Crippen LogP contribution in [0.25, 0.3) is 16.3 Å². The summed E-state index contributed by atoms with van der Waals surface area (Å²) in [5.74, 6) is 0.531. The lowest BCUT2D eigenvalue weighted by Crippen LogP contribution is -2.25. The van der Waals surface area contributed by atoms with E-state index in [1.807, 2.05) is 34.2 Å². The van der Waals surface area contributed by atoms with E-state index >= 15 is 0 Å². The van der Waals surface area contributed by atoms with Crippen LogP contribution in [0.2, 0.25) is 10.0 Å². The van der Waals surface area contributed by atoms with E-state index in [1.165, 1.54) is 11.3 Å². The number of aromatic nitrogens is 3. The van der Waals surface area contributed by atoms with Crippen LogP contribution in [0, 0.1) is 0 Å². The van der Waals surface area contributed by atoms with Crippen LogP contribution >= 0.6 is 34.5 Å². The molecular formula is C19H14Cl2N4OS. The summed E-state index contributed by atoms with van der Waals surface area (Å²) in [7, 11) is 0. The topological polar surface area (TPSA) is 59.3 Å². The molecule has 2 aromatic heterocycles. The molecule has 0 bridgehead atoms. The standard InChI is InChI=1S/C19H14Cl2N4OS/c20-14-5-1-12(2-6-14)17-23-19-25(24-17)16(11-27-19)9-10-22-18(26)13-3-7-15(21)8-4-13/h1-8,11H,9-10H2,(H,22,26). The van der Waals surface area contributed by atoms with E-state index < -0.39 is 0 Å². The van der Waals surface area contributed by atoms with E-state index in [1.54, 1.807) is 24.3 Å². The average Bonchev–Trinajstić information content (AvgIpc) is 3.24. The predicted octanol–water partition coefficient (Wildman–Crippen LogP) is 4.74. The summed E-state index contributed by atoms with van der Waals surface area (Å²) in [5.41, 5.74) is 2.50. The molecule has 0 saturated carbocycles. The summed E-state index contributed by atoms with van der Waals surface area (Å²) in [6.07, 6.45) is 0.656. The lowest BCUT2D eigenvalue weighted by Gasteiger charge is -2.04. The minimum absolute atomic E-state index is 0.126. The van der Waals surface area contributed by atoms with Crippen molar-refractivity contribution in [1.29, 1.82) is 0 Å². The number of halogens is 2. The van der Waals surface area contributed by atoms with Gasteiger partial charge in [-0.1, -0.05) is 23.2 Å². The Hall–Kier alpha value is -2.41. The third-order valence-electron chi connectivity index (χ3n) is 4.03. The first kappa shape index (κ1) is 18.0. The van der Waals surface area contributed by atoms with Gasteiger partial charge in [0.2, 0.25) is 4.96 Å². The molecule has 5 nitrogen and oxygen atoms in total. The monoisotopic (exact) mass is 416 g/mol. The van der Waals surface area contributed by atoms with Gasteiger partial charge in [-0.05, 0) is 48.5 Å². The summed E-state index contributed by atoms with van der Waals surface area (Å²) in [6, 6.07) is 14.2. The second-order valence-corrected chi connectivity index (χ2v) is 7.59. The van der Waals surface area contributed by atoms with Crippen molar-refractivity contribution < 1.29 is 4.79 Å². The highest BCUT2D eigenvalue weighted by Crippen LogP contribution is 2.22. The number of hydrogen-bond donors (Lipinski definition) is 1. The molecule has 136 valence electrons. The molecule has 0 aliphatic rings. The fourth-order valence-electron chi connectivity index (χ4n) is 2.63. The number of benzene rings is 2. The number of thiazole rings is 1. The van der Waals surface area contributed by atoms with Gasteiger partial charge in [-0.3, -0.25) is 4.79 Å². The van der Waals surface area contributed by atoms with Crippen LogP contribution < -0.4 is 5.32 Å². The highest BCUT2D eigenvalue weighted by atomic mass is 35.5. The van der Waals surface area contributed by atoms with Gasteiger partial charge in [0.15, 0.2) is 5.82 Å². The van der Waals surface area contributed by atoms with Gasteiger partial charge in [-0.15, -0.1) is 16.4 Å². The SMILES string of the molecule is O=C(NCCc1csc2nc(-c3ccc(Cl)cc3)nn12)c1ccc(Cl)cc1. The zero-order valence-electron chi connectivity index (χ0n) is 14.0. The van der Waals surface area contributed by atoms with Crippen molar-refractivity contribution in [1.82, 2.24) is 19.9 Å². The minimum Gasteiger partial charge on any atom is -0.352 e. The number of rotatable bonds is 5. The Balaban J connectivity index is 1.44. The van der Waals surface area contributed by atoms with Crippen LogP contribution in [-0.2, 0) is 6.42 Å². The number of fused-ring (bicyclic) bond motifs is 1. The van der Waals surface area contributed by atoms with Gasteiger partial charge in [0.25, 0.3) is 5.91 Å². The van der Waals surface area contributed by atoms with Crippen LogP contribution in [0.15, 0.2) is 53.9 Å². The maximum atomic E-state index is 12.2. The smallest absolute Gasteiger partial charge is 0.251 e. The Morgan fingerprint density at radius 3 is 2.41 bits per heavy atom. The lowest BCUT2D eigenvalue weighted by molar-refractivity contribution is 0.0954. The van der Waals surface area contributed by atoms with Crippen molar-refractivity contribution in [3.63, 3.8) is 0 Å². The highest BCUT2D eigenvalue weighted by molar-refractivity contribution is 7.15. The minimum atomic E-state index is -0.126. The Morgan fingerprint density at radius 2 is 1.70 bits per heavy atom.